The van der Waals surface area contributed by atoms with Crippen molar-refractivity contribution < 1.29 is 17.9 Å². The largest absolute Gasteiger partial charge is 0.378 e. The first-order valence-corrected chi connectivity index (χ1v) is 10.4. The summed E-state index contributed by atoms with van der Waals surface area (Å²) in [6.07, 6.45) is 1.07. The van der Waals surface area contributed by atoms with Gasteiger partial charge in [0.25, 0.3) is 0 Å². The highest BCUT2D eigenvalue weighted by atomic mass is 35.5. The first-order valence-electron chi connectivity index (χ1n) is 7.85. The van der Waals surface area contributed by atoms with E-state index in [2.05, 4.69) is 0 Å². The van der Waals surface area contributed by atoms with E-state index in [4.69, 9.17) is 39.5 Å². The van der Waals surface area contributed by atoms with Crippen molar-refractivity contribution in [3.05, 3.63) is 27.2 Å². The molecule has 1 atom stereocenters. The fraction of sp³-hybridized carbons (Fsp3) is 0.533. The lowest BCUT2D eigenvalue weighted by molar-refractivity contribution is -0.138. The third-order valence-corrected chi connectivity index (χ3v) is 7.39. The molecule has 0 spiro atoms. The molecule has 10 heteroatoms. The van der Waals surface area contributed by atoms with Crippen molar-refractivity contribution in [3.63, 3.8) is 0 Å². The van der Waals surface area contributed by atoms with Gasteiger partial charge in [-0.2, -0.15) is 4.31 Å². The number of carbonyl (C=O) groups excluding carboxylic acids is 1. The number of nitrogens with zero attached hydrogens (tertiary/aromatic N) is 2. The fourth-order valence-corrected chi connectivity index (χ4v) is 6.31. The highest BCUT2D eigenvalue weighted by molar-refractivity contribution is 7.89. The van der Waals surface area contributed by atoms with E-state index in [-0.39, 0.29) is 32.4 Å². The minimum absolute atomic E-state index is 0.0537. The van der Waals surface area contributed by atoms with Crippen LogP contribution >= 0.6 is 34.8 Å². The van der Waals surface area contributed by atoms with Crippen LogP contribution in [0.5, 0.6) is 0 Å². The van der Waals surface area contributed by atoms with Crippen molar-refractivity contribution in [3.8, 4) is 0 Å². The highest BCUT2D eigenvalue weighted by Crippen LogP contribution is 2.37. The molecule has 2 aliphatic heterocycles. The van der Waals surface area contributed by atoms with E-state index < -0.39 is 16.1 Å². The van der Waals surface area contributed by atoms with Crippen LogP contribution in [0.2, 0.25) is 15.1 Å². The summed E-state index contributed by atoms with van der Waals surface area (Å²) >= 11 is 18.0. The first-order chi connectivity index (χ1) is 11.8. The number of rotatable bonds is 3. The molecule has 2 fully saturated rings. The smallest absolute Gasteiger partial charge is 0.246 e. The summed E-state index contributed by atoms with van der Waals surface area (Å²) < 4.78 is 32.7. The summed E-state index contributed by atoms with van der Waals surface area (Å²) in [6, 6.07) is 1.92. The molecule has 2 aliphatic rings. The van der Waals surface area contributed by atoms with Gasteiger partial charge in [-0.25, -0.2) is 8.42 Å². The molecule has 1 amide bonds. The zero-order valence-corrected chi connectivity index (χ0v) is 16.3. The molecule has 6 nitrogen and oxygen atoms in total. The van der Waals surface area contributed by atoms with E-state index in [1.54, 1.807) is 4.90 Å². The zero-order chi connectivity index (χ0) is 18.2. The molecule has 0 N–H and O–H groups in total. The van der Waals surface area contributed by atoms with Crippen LogP contribution in [0.15, 0.2) is 17.0 Å². The molecular formula is C15H17Cl3N2O4S. The van der Waals surface area contributed by atoms with Crippen LogP contribution < -0.4 is 0 Å². The summed E-state index contributed by atoms with van der Waals surface area (Å²) in [4.78, 5) is 14.2. The summed E-state index contributed by atoms with van der Waals surface area (Å²) in [6.45, 7) is 2.09. The van der Waals surface area contributed by atoms with E-state index in [0.29, 0.717) is 39.1 Å². The predicted molar refractivity (Wildman–Crippen MR) is 95.8 cm³/mol. The summed E-state index contributed by atoms with van der Waals surface area (Å²) in [5.74, 6) is -0.203. The van der Waals surface area contributed by atoms with Gasteiger partial charge in [0.15, 0.2) is 0 Å². The molecule has 1 unspecified atom stereocenters. The van der Waals surface area contributed by atoms with E-state index in [1.807, 2.05) is 0 Å². The molecular weight excluding hydrogens is 411 g/mol. The maximum Gasteiger partial charge on any atom is 0.246 e. The lowest BCUT2D eigenvalue weighted by Crippen LogP contribution is -2.51. The Morgan fingerprint density at radius 2 is 1.68 bits per heavy atom. The number of halogens is 3. The number of ether oxygens (including phenoxy) is 1. The van der Waals surface area contributed by atoms with Gasteiger partial charge < -0.3 is 9.64 Å². The van der Waals surface area contributed by atoms with Crippen LogP contribution in [0.25, 0.3) is 0 Å². The Morgan fingerprint density at radius 3 is 2.28 bits per heavy atom. The fourth-order valence-electron chi connectivity index (χ4n) is 3.16. The maximum atomic E-state index is 13.1. The molecule has 0 aliphatic carbocycles. The van der Waals surface area contributed by atoms with Crippen LogP contribution in [0.4, 0.5) is 0 Å². The van der Waals surface area contributed by atoms with Gasteiger partial charge >= 0.3 is 0 Å². The van der Waals surface area contributed by atoms with Gasteiger partial charge in [-0.05, 0) is 25.0 Å². The van der Waals surface area contributed by atoms with E-state index in [0.717, 1.165) is 0 Å². The summed E-state index contributed by atoms with van der Waals surface area (Å²) in [5, 5.41) is 0.139. The molecule has 2 heterocycles. The Kier molecular flexibility index (Phi) is 5.82. The molecule has 138 valence electrons. The van der Waals surface area contributed by atoms with Crippen molar-refractivity contribution in [2.24, 2.45) is 0 Å². The average Bonchev–Trinajstić information content (AvgIpc) is 3.04. The second-order valence-corrected chi connectivity index (χ2v) is 8.99. The van der Waals surface area contributed by atoms with Crippen molar-refractivity contribution in [2.75, 3.05) is 32.8 Å². The maximum absolute atomic E-state index is 13.1. The molecule has 0 radical (unpaired) electrons. The normalized spacial score (nSPS) is 22.4. The SMILES string of the molecule is O=C(C1CCCN1S(=O)(=O)c1c(Cl)cc(Cl)cc1Cl)N1CCOCC1. The van der Waals surface area contributed by atoms with Crippen molar-refractivity contribution in [1.82, 2.24) is 9.21 Å². The molecule has 0 saturated carbocycles. The lowest BCUT2D eigenvalue weighted by Gasteiger charge is -2.32. The Labute approximate surface area is 161 Å². The first kappa shape index (κ1) is 19.2. The lowest BCUT2D eigenvalue weighted by atomic mass is 10.2. The zero-order valence-electron chi connectivity index (χ0n) is 13.3. The monoisotopic (exact) mass is 426 g/mol. The van der Waals surface area contributed by atoms with E-state index in [1.165, 1.54) is 16.4 Å². The van der Waals surface area contributed by atoms with Gasteiger partial charge in [-0.1, -0.05) is 34.8 Å². The van der Waals surface area contributed by atoms with Crippen LogP contribution in [-0.2, 0) is 19.6 Å². The molecule has 0 aromatic heterocycles. The topological polar surface area (TPSA) is 66.9 Å². The van der Waals surface area contributed by atoms with E-state index >= 15 is 0 Å². The quantitative estimate of drug-likeness (QED) is 0.744. The van der Waals surface area contributed by atoms with Gasteiger partial charge in [0, 0.05) is 24.7 Å². The standard InChI is InChI=1S/C15H17Cl3N2O4S/c16-10-8-11(17)14(12(18)9-10)25(22,23)20-3-1-2-13(20)15(21)19-4-6-24-7-5-19/h8-9,13H,1-7H2. The number of hydrogen-bond acceptors (Lipinski definition) is 4. The van der Waals surface area contributed by atoms with Crippen molar-refractivity contribution in [1.29, 1.82) is 0 Å². The van der Waals surface area contributed by atoms with Gasteiger partial charge in [0.2, 0.25) is 15.9 Å². The molecule has 3 rings (SSSR count). The number of benzene rings is 1. The number of amides is 1. The Balaban J connectivity index is 1.92. The summed E-state index contributed by atoms with van der Waals surface area (Å²) in [7, 11) is -4.02. The molecule has 1 aromatic rings. The molecule has 1 aromatic carbocycles. The molecule has 25 heavy (non-hydrogen) atoms. The van der Waals surface area contributed by atoms with Gasteiger partial charge in [-0.3, -0.25) is 4.79 Å². The van der Waals surface area contributed by atoms with Gasteiger partial charge in [-0.15, -0.1) is 0 Å². The third kappa shape index (κ3) is 3.77. The second kappa shape index (κ2) is 7.58. The number of carbonyl (C=O) groups is 1. The second-order valence-electron chi connectivity index (χ2n) is 5.91. The minimum atomic E-state index is -4.02. The number of morpholine rings is 1. The Bertz CT molecular complexity index is 758. The molecule has 0 bridgehead atoms. The van der Waals surface area contributed by atoms with Crippen LogP contribution in [0, 0.1) is 0 Å². The van der Waals surface area contributed by atoms with Crippen molar-refractivity contribution >= 4 is 50.7 Å². The predicted octanol–water partition coefficient (Wildman–Crippen LogP) is 2.66. The third-order valence-electron chi connectivity index (χ3n) is 4.34. The number of hydrogen-bond donors (Lipinski definition) is 0. The van der Waals surface area contributed by atoms with Crippen LogP contribution in [0.3, 0.4) is 0 Å². The van der Waals surface area contributed by atoms with Gasteiger partial charge in [0.05, 0.1) is 23.3 Å². The average molecular weight is 428 g/mol. The highest BCUT2D eigenvalue weighted by Gasteiger charge is 2.42. The van der Waals surface area contributed by atoms with Crippen LogP contribution in [-0.4, -0.2) is 62.4 Å². The minimum Gasteiger partial charge on any atom is -0.378 e. The van der Waals surface area contributed by atoms with Crippen molar-refractivity contribution in [2.45, 2.75) is 23.8 Å². The van der Waals surface area contributed by atoms with Gasteiger partial charge in [0.1, 0.15) is 10.9 Å². The molecule has 2 saturated heterocycles. The van der Waals surface area contributed by atoms with E-state index in [9.17, 15) is 13.2 Å². The Hall–Kier alpha value is -0.570. The van der Waals surface area contributed by atoms with Crippen LogP contribution in [0.1, 0.15) is 12.8 Å². The number of sulfonamides is 1. The Morgan fingerprint density at radius 1 is 1.08 bits per heavy atom. The summed E-state index contributed by atoms with van der Waals surface area (Å²) in [5.41, 5.74) is 0.